The highest BCUT2D eigenvalue weighted by atomic mass is 35.5. The SMILES string of the molecule is COc1ccc(Cl)cc1Cc1cc(-c2sc(NC(=O)C(C)(C)C)nc2C)nn1C(=O)N1CCOCC1. The van der Waals surface area contributed by atoms with Crippen molar-refractivity contribution in [2.75, 3.05) is 38.7 Å². The summed E-state index contributed by atoms with van der Waals surface area (Å²) < 4.78 is 12.4. The molecule has 0 unspecified atom stereocenters. The highest BCUT2D eigenvalue weighted by Crippen LogP contribution is 2.34. The third-order valence-electron chi connectivity index (χ3n) is 5.79. The summed E-state index contributed by atoms with van der Waals surface area (Å²) in [6, 6.07) is 7.06. The Balaban J connectivity index is 1.72. The van der Waals surface area contributed by atoms with E-state index in [4.69, 9.17) is 26.2 Å². The molecule has 9 nitrogen and oxygen atoms in total. The van der Waals surface area contributed by atoms with Gasteiger partial charge in [-0.3, -0.25) is 4.79 Å². The van der Waals surface area contributed by atoms with E-state index >= 15 is 0 Å². The summed E-state index contributed by atoms with van der Waals surface area (Å²) in [5.74, 6) is 0.554. The number of nitrogens with zero attached hydrogens (tertiary/aromatic N) is 4. The first-order valence-electron chi connectivity index (χ1n) is 11.6. The Morgan fingerprint density at radius 2 is 1.94 bits per heavy atom. The molecule has 1 N–H and O–H groups in total. The van der Waals surface area contributed by atoms with Crippen molar-refractivity contribution in [3.8, 4) is 16.3 Å². The number of anilines is 1. The molecule has 36 heavy (non-hydrogen) atoms. The van der Waals surface area contributed by atoms with Crippen molar-refractivity contribution >= 4 is 40.0 Å². The van der Waals surface area contributed by atoms with Crippen LogP contribution in [-0.2, 0) is 16.0 Å². The number of morpholine rings is 1. The van der Waals surface area contributed by atoms with Crippen molar-refractivity contribution in [2.24, 2.45) is 5.41 Å². The van der Waals surface area contributed by atoms with Crippen molar-refractivity contribution in [2.45, 2.75) is 34.1 Å². The number of hydrogen-bond donors (Lipinski definition) is 1. The molecular weight excluding hydrogens is 502 g/mol. The van der Waals surface area contributed by atoms with Crippen LogP contribution in [0.5, 0.6) is 5.75 Å². The number of aromatic nitrogens is 3. The minimum absolute atomic E-state index is 0.121. The van der Waals surface area contributed by atoms with Gasteiger partial charge in [0.05, 0.1) is 36.6 Å². The minimum atomic E-state index is -0.547. The Morgan fingerprint density at radius 1 is 1.22 bits per heavy atom. The number of halogens is 1. The molecule has 3 heterocycles. The molecule has 0 atom stereocenters. The maximum Gasteiger partial charge on any atom is 0.345 e. The van der Waals surface area contributed by atoms with E-state index in [-0.39, 0.29) is 11.9 Å². The van der Waals surface area contributed by atoms with Crippen LogP contribution in [0.15, 0.2) is 24.3 Å². The molecule has 0 bridgehead atoms. The van der Waals surface area contributed by atoms with E-state index in [1.54, 1.807) is 24.1 Å². The van der Waals surface area contributed by atoms with Crippen LogP contribution in [0.2, 0.25) is 5.02 Å². The zero-order valence-electron chi connectivity index (χ0n) is 21.1. The summed E-state index contributed by atoms with van der Waals surface area (Å²) in [6.07, 6.45) is 0.387. The lowest BCUT2D eigenvalue weighted by atomic mass is 9.96. The molecule has 0 aliphatic carbocycles. The van der Waals surface area contributed by atoms with Gasteiger partial charge in [0.1, 0.15) is 11.4 Å². The topological polar surface area (TPSA) is 98.6 Å². The second-order valence-corrected chi connectivity index (χ2v) is 11.0. The van der Waals surface area contributed by atoms with Crippen LogP contribution >= 0.6 is 22.9 Å². The summed E-state index contributed by atoms with van der Waals surface area (Å²) in [4.78, 5) is 33.0. The molecule has 1 fully saturated rings. The number of benzene rings is 1. The molecule has 1 aliphatic heterocycles. The van der Waals surface area contributed by atoms with E-state index in [2.05, 4.69) is 10.3 Å². The van der Waals surface area contributed by atoms with Crippen LogP contribution in [-0.4, -0.2) is 65.0 Å². The molecule has 0 saturated carbocycles. The van der Waals surface area contributed by atoms with Gasteiger partial charge in [-0.1, -0.05) is 43.7 Å². The van der Waals surface area contributed by atoms with Crippen LogP contribution in [0.3, 0.4) is 0 Å². The van der Waals surface area contributed by atoms with E-state index < -0.39 is 5.41 Å². The van der Waals surface area contributed by atoms with Gasteiger partial charge in [-0.05, 0) is 31.2 Å². The van der Waals surface area contributed by atoms with E-state index in [1.807, 2.05) is 39.8 Å². The Bertz CT molecular complexity index is 1270. The maximum atomic E-state index is 13.5. The number of carbonyl (C=O) groups excluding carboxylic acids is 2. The lowest BCUT2D eigenvalue weighted by Gasteiger charge is -2.26. The molecule has 1 saturated heterocycles. The first-order valence-corrected chi connectivity index (χ1v) is 12.8. The van der Waals surface area contributed by atoms with Crippen molar-refractivity contribution in [3.63, 3.8) is 0 Å². The number of aryl methyl sites for hydroxylation is 1. The Hall–Kier alpha value is -2.95. The Labute approximate surface area is 219 Å². The summed E-state index contributed by atoms with van der Waals surface area (Å²) in [7, 11) is 1.60. The molecule has 11 heteroatoms. The summed E-state index contributed by atoms with van der Waals surface area (Å²) >= 11 is 7.59. The van der Waals surface area contributed by atoms with Crippen LogP contribution in [0.4, 0.5) is 9.93 Å². The molecule has 4 rings (SSSR count). The fraction of sp³-hybridized carbons (Fsp3) is 0.440. The van der Waals surface area contributed by atoms with Gasteiger partial charge in [0.25, 0.3) is 0 Å². The average molecular weight is 532 g/mol. The molecule has 0 radical (unpaired) electrons. The number of thiazole rings is 1. The molecule has 192 valence electrons. The van der Waals surface area contributed by atoms with Gasteiger partial charge in [-0.25, -0.2) is 9.78 Å². The normalized spacial score (nSPS) is 14.1. The minimum Gasteiger partial charge on any atom is -0.496 e. The number of nitrogens with one attached hydrogen (secondary N) is 1. The summed E-state index contributed by atoms with van der Waals surface area (Å²) in [5, 5.41) is 8.66. The summed E-state index contributed by atoms with van der Waals surface area (Å²) in [5.41, 5.74) is 2.31. The highest BCUT2D eigenvalue weighted by Gasteiger charge is 2.26. The molecular formula is C25H30ClN5O4S. The molecule has 0 spiro atoms. The third kappa shape index (κ3) is 5.71. The van der Waals surface area contributed by atoms with Gasteiger partial charge in [0.15, 0.2) is 5.13 Å². The second-order valence-electron chi connectivity index (χ2n) is 9.59. The predicted octanol–water partition coefficient (Wildman–Crippen LogP) is 4.85. The fourth-order valence-electron chi connectivity index (χ4n) is 3.76. The van der Waals surface area contributed by atoms with Crippen LogP contribution < -0.4 is 10.1 Å². The standard InChI is InChI=1S/C25H30ClN5O4S/c1-15-21(36-23(27-15)28-22(32)25(2,3)4)19-14-18(13-16-12-17(26)6-7-20(16)34-5)31(29-19)24(33)30-8-10-35-11-9-30/h6-7,12,14H,8-11,13H2,1-5H3,(H,27,28,32). The zero-order chi connectivity index (χ0) is 26.0. The first-order chi connectivity index (χ1) is 17.1. The lowest BCUT2D eigenvalue weighted by Crippen LogP contribution is -2.43. The molecule has 1 aromatic carbocycles. The predicted molar refractivity (Wildman–Crippen MR) is 140 cm³/mol. The molecule has 2 amide bonds. The van der Waals surface area contributed by atoms with Crippen molar-refractivity contribution in [3.05, 3.63) is 46.2 Å². The smallest absolute Gasteiger partial charge is 0.345 e. The number of rotatable bonds is 5. The second kappa shape index (κ2) is 10.6. The zero-order valence-corrected chi connectivity index (χ0v) is 22.6. The number of methoxy groups -OCH3 is 1. The van der Waals surface area contributed by atoms with Crippen LogP contribution in [0, 0.1) is 12.3 Å². The Kier molecular flexibility index (Phi) is 7.67. The van der Waals surface area contributed by atoms with Gasteiger partial charge in [-0.15, -0.1) is 0 Å². The molecule has 3 aromatic rings. The van der Waals surface area contributed by atoms with E-state index in [0.717, 1.165) is 16.1 Å². The highest BCUT2D eigenvalue weighted by molar-refractivity contribution is 7.19. The fourth-order valence-corrected chi connectivity index (χ4v) is 4.88. The van der Waals surface area contributed by atoms with Crippen molar-refractivity contribution in [1.82, 2.24) is 19.7 Å². The van der Waals surface area contributed by atoms with E-state index in [0.29, 0.717) is 60.0 Å². The first kappa shape index (κ1) is 26.1. The molecule has 1 aliphatic rings. The van der Waals surface area contributed by atoms with Gasteiger partial charge in [-0.2, -0.15) is 9.78 Å². The Morgan fingerprint density at radius 3 is 2.61 bits per heavy atom. The maximum absolute atomic E-state index is 13.5. The quantitative estimate of drug-likeness (QED) is 0.505. The van der Waals surface area contributed by atoms with Crippen molar-refractivity contribution < 1.29 is 19.1 Å². The monoisotopic (exact) mass is 531 g/mol. The number of amides is 2. The van der Waals surface area contributed by atoms with Crippen molar-refractivity contribution in [1.29, 1.82) is 0 Å². The van der Waals surface area contributed by atoms with Gasteiger partial charge >= 0.3 is 6.03 Å². The van der Waals surface area contributed by atoms with Crippen LogP contribution in [0.1, 0.15) is 37.7 Å². The number of ether oxygens (including phenoxy) is 2. The van der Waals surface area contributed by atoms with Crippen LogP contribution in [0.25, 0.3) is 10.6 Å². The van der Waals surface area contributed by atoms with E-state index in [9.17, 15) is 9.59 Å². The molecule has 2 aromatic heterocycles. The number of carbonyl (C=O) groups is 2. The van der Waals surface area contributed by atoms with E-state index in [1.165, 1.54) is 16.0 Å². The van der Waals surface area contributed by atoms with Gasteiger partial charge in [0, 0.05) is 35.5 Å². The lowest BCUT2D eigenvalue weighted by molar-refractivity contribution is -0.123. The summed E-state index contributed by atoms with van der Waals surface area (Å²) in [6.45, 7) is 9.37. The number of hydrogen-bond acceptors (Lipinski definition) is 7. The third-order valence-corrected chi connectivity index (χ3v) is 7.12. The average Bonchev–Trinajstić information content (AvgIpc) is 3.41. The van der Waals surface area contributed by atoms with Gasteiger partial charge < -0.3 is 19.7 Å². The largest absolute Gasteiger partial charge is 0.496 e. The van der Waals surface area contributed by atoms with Gasteiger partial charge in [0.2, 0.25) is 5.91 Å².